The Morgan fingerprint density at radius 3 is 1.67 bits per heavy atom. The van der Waals surface area contributed by atoms with Gasteiger partial charge in [0.25, 0.3) is 0 Å². The molecule has 10 aromatic rings. The lowest BCUT2D eigenvalue weighted by Gasteiger charge is -2.42. The van der Waals surface area contributed by atoms with Crippen molar-refractivity contribution in [3.05, 3.63) is 257 Å². The van der Waals surface area contributed by atoms with E-state index in [0.29, 0.717) is 0 Å². The van der Waals surface area contributed by atoms with E-state index in [1.54, 1.807) is 0 Å². The van der Waals surface area contributed by atoms with E-state index in [-0.39, 0.29) is 22.0 Å². The third-order valence-electron chi connectivity index (χ3n) is 17.0. The minimum Gasteiger partial charge on any atom is -0.481 e. The quantitative estimate of drug-likeness (QED) is 0.151. The maximum atomic E-state index is 7.64. The Morgan fingerprint density at radius 1 is 0.532 bits per heavy atom. The summed E-state index contributed by atoms with van der Waals surface area (Å²) in [5.74, 6) is 1.15. The Balaban J connectivity index is 0.924. The van der Waals surface area contributed by atoms with Gasteiger partial charge in [0.15, 0.2) is 0 Å². The predicted octanol–water partition coefficient (Wildman–Crippen LogP) is 21.0. The number of hydrogen-bond acceptors (Lipinski definition) is 5. The number of nitrogens with zero attached hydrogens (tertiary/aromatic N) is 2. The topological polar surface area (TPSA) is 28.9 Å². The molecule has 3 heterocycles. The van der Waals surface area contributed by atoms with Crippen LogP contribution in [-0.4, -0.2) is 5.60 Å². The molecule has 0 radical (unpaired) electrons. The summed E-state index contributed by atoms with van der Waals surface area (Å²) >= 11 is 1.94. The maximum absolute atomic E-state index is 7.64. The summed E-state index contributed by atoms with van der Waals surface area (Å²) < 4.78 is 15.0. The third-order valence-corrected chi connectivity index (χ3v) is 18.5. The van der Waals surface area contributed by atoms with Crippen LogP contribution in [0.25, 0.3) is 61.4 Å². The van der Waals surface area contributed by atoms with Gasteiger partial charge in [0.1, 0.15) is 22.5 Å². The van der Waals surface area contributed by atoms with Crippen LogP contribution in [0.5, 0.6) is 0 Å². The molecule has 1 aromatic heterocycles. The van der Waals surface area contributed by atoms with Crippen molar-refractivity contribution >= 4 is 68.2 Å². The molecule has 0 spiro atoms. The molecule has 3 atom stereocenters. The lowest BCUT2D eigenvalue weighted by atomic mass is 9.72. The maximum Gasteiger partial charge on any atom is 0.148 e. The van der Waals surface area contributed by atoms with Crippen LogP contribution in [0.2, 0.25) is 0 Å². The normalized spacial score (nSPS) is 18.3. The van der Waals surface area contributed by atoms with Crippen LogP contribution in [-0.2, 0) is 15.6 Å². The fourth-order valence-corrected chi connectivity index (χ4v) is 14.4. The molecule has 4 nitrogen and oxygen atoms in total. The van der Waals surface area contributed by atoms with Gasteiger partial charge in [0, 0.05) is 78.4 Å². The number of rotatable bonds is 8. The fourth-order valence-electron chi connectivity index (χ4n) is 13.0. The first-order valence-corrected chi connectivity index (χ1v) is 28.8. The van der Waals surface area contributed by atoms with Crippen molar-refractivity contribution in [2.45, 2.75) is 88.4 Å². The van der Waals surface area contributed by atoms with Crippen molar-refractivity contribution in [2.75, 3.05) is 9.80 Å². The van der Waals surface area contributed by atoms with Crippen molar-refractivity contribution in [3.8, 4) is 33.4 Å². The second-order valence-corrected chi connectivity index (χ2v) is 25.4. The van der Waals surface area contributed by atoms with E-state index in [0.717, 1.165) is 68.1 Å². The van der Waals surface area contributed by atoms with Gasteiger partial charge >= 0.3 is 0 Å². The first kappa shape index (κ1) is 49.1. The summed E-state index contributed by atoms with van der Waals surface area (Å²) in [7, 11) is 0. The highest BCUT2D eigenvalue weighted by molar-refractivity contribution is 7.99. The molecule has 0 amide bonds. The summed E-state index contributed by atoms with van der Waals surface area (Å²) in [5, 5.41) is 2.19. The molecule has 0 fully saturated rings. The number of hydrogen-bond donors (Lipinski definition) is 0. The Morgan fingerprint density at radius 2 is 1.06 bits per heavy atom. The molecule has 9 aromatic carbocycles. The zero-order chi connectivity index (χ0) is 54.0. The van der Waals surface area contributed by atoms with E-state index in [1.807, 2.05) is 11.8 Å². The summed E-state index contributed by atoms with van der Waals surface area (Å²) in [6, 6.07) is 75.5. The molecule has 0 saturated carbocycles. The molecule has 79 heavy (non-hydrogen) atoms. The Hall–Kier alpha value is -8.25. The monoisotopic (exact) mass is 1040 g/mol. The molecule has 388 valence electrons. The molecule has 14 rings (SSSR count). The Kier molecular flexibility index (Phi) is 11.4. The third kappa shape index (κ3) is 8.10. The van der Waals surface area contributed by atoms with Crippen molar-refractivity contribution in [2.24, 2.45) is 5.92 Å². The van der Waals surface area contributed by atoms with Gasteiger partial charge in [-0.05, 0) is 136 Å². The molecule has 0 bridgehead atoms. The molecule has 4 aliphatic rings. The highest BCUT2D eigenvalue weighted by Gasteiger charge is 2.55. The van der Waals surface area contributed by atoms with Gasteiger partial charge in [-0.2, -0.15) is 0 Å². The van der Waals surface area contributed by atoms with E-state index >= 15 is 0 Å². The van der Waals surface area contributed by atoms with E-state index < -0.39 is 5.60 Å². The van der Waals surface area contributed by atoms with Gasteiger partial charge in [-0.15, -0.1) is 11.8 Å². The molecule has 0 N–H and O–H groups in total. The number of furan rings is 1. The van der Waals surface area contributed by atoms with Crippen molar-refractivity contribution in [1.29, 1.82) is 0 Å². The molecule has 0 saturated heterocycles. The summed E-state index contributed by atoms with van der Waals surface area (Å²) in [5.41, 5.74) is 22.7. The van der Waals surface area contributed by atoms with Crippen LogP contribution < -0.4 is 9.80 Å². The highest BCUT2D eigenvalue weighted by Crippen LogP contribution is 2.66. The molecular formula is C74H64N2O2S. The average molecular weight is 1050 g/mol. The number of para-hydroxylation sites is 2. The Labute approximate surface area is 469 Å². The second kappa shape index (κ2) is 18.4. The number of thioether (sulfide) groups is 1. The van der Waals surface area contributed by atoms with Crippen LogP contribution >= 0.6 is 11.8 Å². The summed E-state index contributed by atoms with van der Waals surface area (Å²) in [6.07, 6.45) is 5.69. The smallest absolute Gasteiger partial charge is 0.148 e. The van der Waals surface area contributed by atoms with Crippen molar-refractivity contribution < 1.29 is 9.15 Å². The van der Waals surface area contributed by atoms with Crippen LogP contribution in [0.4, 0.5) is 28.4 Å². The van der Waals surface area contributed by atoms with Crippen LogP contribution in [0.3, 0.4) is 0 Å². The number of benzene rings is 9. The highest BCUT2D eigenvalue weighted by atomic mass is 32.2. The molecular weight excluding hydrogens is 981 g/mol. The number of ether oxygens (including phenoxy) is 1. The largest absolute Gasteiger partial charge is 0.481 e. The van der Waals surface area contributed by atoms with Gasteiger partial charge in [0.05, 0.1) is 16.6 Å². The average Bonchev–Trinajstić information content (AvgIpc) is 2.41. The zero-order valence-electron chi connectivity index (χ0n) is 46.3. The predicted molar refractivity (Wildman–Crippen MR) is 332 cm³/mol. The van der Waals surface area contributed by atoms with E-state index in [1.165, 1.54) is 71.8 Å². The molecule has 2 aliphatic carbocycles. The summed E-state index contributed by atoms with van der Waals surface area (Å²) in [6.45, 7) is 18.4. The Bertz CT molecular complexity index is 4150. The number of fused-ring (bicyclic) bond motifs is 9. The zero-order valence-corrected chi connectivity index (χ0v) is 47.1. The van der Waals surface area contributed by atoms with Crippen molar-refractivity contribution in [3.63, 3.8) is 0 Å². The minimum atomic E-state index is -0.645. The van der Waals surface area contributed by atoms with Crippen LogP contribution in [0.1, 0.15) is 89.3 Å². The van der Waals surface area contributed by atoms with Gasteiger partial charge in [-0.25, -0.2) is 0 Å². The van der Waals surface area contributed by atoms with Gasteiger partial charge < -0.3 is 19.0 Å². The SMILES string of the molecule is CC1CC(N(c2ccc(C(C)(C)C)cc2)c2ccccc2-c2ccccc2)=CC2=C1C1=Cc3cc4c(oc5cc(N(c6ccc(C(C)(C)C)cc6)c6ccccc6-c6ccccc6)ccc54)c4c3C(Sc3ccccc3-4)C1(C)O2. The van der Waals surface area contributed by atoms with Crippen LogP contribution in [0, 0.1) is 5.92 Å². The van der Waals surface area contributed by atoms with Crippen molar-refractivity contribution in [1.82, 2.24) is 0 Å². The first-order valence-electron chi connectivity index (χ1n) is 28.0. The van der Waals surface area contributed by atoms with Gasteiger partial charge in [0.2, 0.25) is 0 Å². The molecule has 5 heteroatoms. The lowest BCUT2D eigenvalue weighted by molar-refractivity contribution is 0.0751. The standard InChI is InChI=1S/C74H64N2O2S/c1-46-41-55(76(53-37-33-51(34-38-53)73(5,6)7)63-29-19-16-26-57(63)48-23-13-10-14-24-48)45-65-67(46)61-43-49-42-60-58-40-39-54(44-64(58)77-70(60)69-59-27-17-20-30-66(59)79-71(68(49)69)74(61,8)78-65)75(52-35-31-50(32-36-52)72(2,3)4)62-28-18-15-25-56(62)47-21-11-9-12-22-47/h9-40,42-46,71H,41H2,1-8H3. The summed E-state index contributed by atoms with van der Waals surface area (Å²) in [4.78, 5) is 6.12. The van der Waals surface area contributed by atoms with Gasteiger partial charge in [-0.1, -0.05) is 188 Å². The first-order chi connectivity index (χ1) is 38.2. The van der Waals surface area contributed by atoms with E-state index in [2.05, 4.69) is 284 Å². The second-order valence-electron chi connectivity index (χ2n) is 24.2. The lowest BCUT2D eigenvalue weighted by Crippen LogP contribution is -2.37. The molecule has 3 unspecified atom stereocenters. The van der Waals surface area contributed by atoms with Crippen LogP contribution in [0.15, 0.2) is 244 Å². The fraction of sp³-hybridized carbons (Fsp3) is 0.189. The van der Waals surface area contributed by atoms with E-state index in [9.17, 15) is 0 Å². The van der Waals surface area contributed by atoms with E-state index in [4.69, 9.17) is 9.15 Å². The number of anilines is 5. The van der Waals surface area contributed by atoms with Gasteiger partial charge in [-0.3, -0.25) is 0 Å². The molecule has 2 aliphatic heterocycles. The number of allylic oxidation sites excluding steroid dienone is 2. The minimum absolute atomic E-state index is 0.0264.